The van der Waals surface area contributed by atoms with Gasteiger partial charge in [0, 0.05) is 0 Å². The fourth-order valence-electron chi connectivity index (χ4n) is 3.68. The summed E-state index contributed by atoms with van der Waals surface area (Å²) >= 11 is 15.6. The van der Waals surface area contributed by atoms with Gasteiger partial charge in [0.1, 0.15) is 0 Å². The standard InChI is InChI=1S/C17H19BrCl2O2S/c18-15-3-1-2-12-5-6-13(9-14(12)15)23(21,22)10-11-4-7-16(19)17(20)8-11/h4,7-8,12-13H,1-3,5-6,9-10H2. The van der Waals surface area contributed by atoms with E-state index in [4.69, 9.17) is 23.2 Å². The van der Waals surface area contributed by atoms with Crippen molar-refractivity contribution in [3.05, 3.63) is 43.9 Å². The van der Waals surface area contributed by atoms with Crippen LogP contribution in [0.3, 0.4) is 0 Å². The van der Waals surface area contributed by atoms with Gasteiger partial charge in [-0.1, -0.05) is 50.8 Å². The Morgan fingerprint density at radius 1 is 1.13 bits per heavy atom. The molecule has 126 valence electrons. The molecule has 2 unspecified atom stereocenters. The van der Waals surface area contributed by atoms with Gasteiger partial charge in [-0.05, 0) is 66.6 Å². The summed E-state index contributed by atoms with van der Waals surface area (Å²) in [4.78, 5) is 0. The van der Waals surface area contributed by atoms with Crippen molar-refractivity contribution in [3.63, 3.8) is 0 Å². The Balaban J connectivity index is 1.78. The Morgan fingerprint density at radius 2 is 1.91 bits per heavy atom. The fourth-order valence-corrected chi connectivity index (χ4v) is 6.57. The van der Waals surface area contributed by atoms with Crippen molar-refractivity contribution in [2.75, 3.05) is 0 Å². The number of sulfone groups is 1. The molecule has 6 heteroatoms. The highest BCUT2D eigenvalue weighted by molar-refractivity contribution is 9.11. The predicted molar refractivity (Wildman–Crippen MR) is 100 cm³/mol. The van der Waals surface area contributed by atoms with Gasteiger partial charge in [0.25, 0.3) is 0 Å². The lowest BCUT2D eigenvalue weighted by molar-refractivity contribution is 0.397. The molecule has 0 heterocycles. The zero-order chi connectivity index (χ0) is 16.6. The van der Waals surface area contributed by atoms with Crippen LogP contribution < -0.4 is 0 Å². The average Bonchev–Trinajstić information content (AvgIpc) is 2.51. The van der Waals surface area contributed by atoms with Gasteiger partial charge in [0.2, 0.25) is 0 Å². The highest BCUT2D eigenvalue weighted by Crippen LogP contribution is 2.44. The largest absolute Gasteiger partial charge is 0.228 e. The first kappa shape index (κ1) is 17.8. The average molecular weight is 438 g/mol. The van der Waals surface area contributed by atoms with E-state index in [1.165, 1.54) is 22.9 Å². The molecule has 3 rings (SSSR count). The number of allylic oxidation sites excluding steroid dienone is 2. The van der Waals surface area contributed by atoms with E-state index in [1.54, 1.807) is 18.2 Å². The SMILES string of the molecule is O=S(=O)(Cc1ccc(Cl)c(Cl)c1)C1CCC2CCCC(Br)=C2C1. The van der Waals surface area contributed by atoms with Gasteiger partial charge in [-0.15, -0.1) is 0 Å². The summed E-state index contributed by atoms with van der Waals surface area (Å²) in [6.45, 7) is 0. The van der Waals surface area contributed by atoms with Crippen LogP contribution in [-0.4, -0.2) is 13.7 Å². The van der Waals surface area contributed by atoms with Crippen LogP contribution >= 0.6 is 39.1 Å². The number of fused-ring (bicyclic) bond motifs is 1. The first-order valence-corrected chi connectivity index (χ1v) is 11.2. The van der Waals surface area contributed by atoms with Crippen LogP contribution in [0.5, 0.6) is 0 Å². The number of hydrogen-bond acceptors (Lipinski definition) is 2. The molecule has 0 saturated heterocycles. The van der Waals surface area contributed by atoms with Crippen molar-refractivity contribution < 1.29 is 8.42 Å². The third-order valence-corrected chi connectivity index (χ3v) is 8.73. The second-order valence-corrected chi connectivity index (χ2v) is 10.5. The molecule has 2 nitrogen and oxygen atoms in total. The van der Waals surface area contributed by atoms with Crippen LogP contribution in [0.25, 0.3) is 0 Å². The monoisotopic (exact) mass is 436 g/mol. The summed E-state index contributed by atoms with van der Waals surface area (Å²) in [6.07, 6.45) is 5.87. The molecular formula is C17H19BrCl2O2S. The minimum absolute atomic E-state index is 0.0319. The maximum absolute atomic E-state index is 12.8. The molecule has 0 radical (unpaired) electrons. The third-order valence-electron chi connectivity index (χ3n) is 4.93. The van der Waals surface area contributed by atoms with E-state index in [-0.39, 0.29) is 11.0 Å². The normalized spacial score (nSPS) is 25.3. The molecule has 0 bridgehead atoms. The molecule has 0 aliphatic heterocycles. The van der Waals surface area contributed by atoms with Gasteiger partial charge < -0.3 is 0 Å². The second-order valence-electron chi connectivity index (χ2n) is 6.48. The summed E-state index contributed by atoms with van der Waals surface area (Å²) in [7, 11) is -3.20. The van der Waals surface area contributed by atoms with Gasteiger partial charge in [0.05, 0.1) is 21.0 Å². The molecule has 2 atom stereocenters. The van der Waals surface area contributed by atoms with E-state index in [0.717, 1.165) is 19.3 Å². The third kappa shape index (κ3) is 3.97. The highest BCUT2D eigenvalue weighted by atomic mass is 79.9. The molecule has 1 saturated carbocycles. The Labute approximate surface area is 156 Å². The molecule has 1 fully saturated rings. The Morgan fingerprint density at radius 3 is 2.65 bits per heavy atom. The van der Waals surface area contributed by atoms with Crippen molar-refractivity contribution in [2.45, 2.75) is 49.5 Å². The molecule has 1 aromatic rings. The highest BCUT2D eigenvalue weighted by Gasteiger charge is 2.35. The topological polar surface area (TPSA) is 34.1 Å². The first-order valence-electron chi connectivity index (χ1n) is 7.90. The quantitative estimate of drug-likeness (QED) is 0.588. The summed E-state index contributed by atoms with van der Waals surface area (Å²) in [6, 6.07) is 5.06. The zero-order valence-corrected chi connectivity index (χ0v) is 16.6. The van der Waals surface area contributed by atoms with E-state index in [0.29, 0.717) is 27.9 Å². The zero-order valence-electron chi connectivity index (χ0n) is 12.7. The van der Waals surface area contributed by atoms with Crippen molar-refractivity contribution in [2.24, 2.45) is 5.92 Å². The van der Waals surface area contributed by atoms with Crippen molar-refractivity contribution in [1.29, 1.82) is 0 Å². The van der Waals surface area contributed by atoms with Gasteiger partial charge in [-0.25, -0.2) is 8.42 Å². The Bertz CT molecular complexity index is 743. The van der Waals surface area contributed by atoms with Gasteiger partial charge >= 0.3 is 0 Å². The lowest BCUT2D eigenvalue weighted by Gasteiger charge is -2.35. The van der Waals surface area contributed by atoms with Crippen LogP contribution in [0.15, 0.2) is 28.3 Å². The van der Waals surface area contributed by atoms with Gasteiger partial charge in [-0.2, -0.15) is 0 Å². The fraction of sp³-hybridized carbons (Fsp3) is 0.529. The molecule has 0 aromatic heterocycles. The second kappa shape index (κ2) is 7.07. The molecule has 0 N–H and O–H groups in total. The van der Waals surface area contributed by atoms with Crippen molar-refractivity contribution in [1.82, 2.24) is 0 Å². The van der Waals surface area contributed by atoms with E-state index in [9.17, 15) is 8.42 Å². The molecule has 23 heavy (non-hydrogen) atoms. The lowest BCUT2D eigenvalue weighted by Crippen LogP contribution is -2.31. The molecule has 2 aliphatic rings. The van der Waals surface area contributed by atoms with Crippen molar-refractivity contribution >= 4 is 49.0 Å². The summed E-state index contributed by atoms with van der Waals surface area (Å²) in [5.41, 5.74) is 2.04. The van der Waals surface area contributed by atoms with E-state index < -0.39 is 9.84 Å². The van der Waals surface area contributed by atoms with Gasteiger partial charge in [0.15, 0.2) is 9.84 Å². The lowest BCUT2D eigenvalue weighted by atomic mass is 9.77. The Kier molecular flexibility index (Phi) is 5.46. The maximum atomic E-state index is 12.8. The van der Waals surface area contributed by atoms with Crippen LogP contribution in [-0.2, 0) is 15.6 Å². The minimum Gasteiger partial charge on any atom is -0.228 e. The molecule has 1 aromatic carbocycles. The van der Waals surface area contributed by atoms with Crippen molar-refractivity contribution in [3.8, 4) is 0 Å². The van der Waals surface area contributed by atoms with Crippen LogP contribution in [0, 0.1) is 5.92 Å². The van der Waals surface area contributed by atoms with E-state index in [1.807, 2.05) is 0 Å². The molecule has 0 amide bonds. The number of hydrogen-bond donors (Lipinski definition) is 0. The maximum Gasteiger partial charge on any atom is 0.157 e. The number of rotatable bonds is 3. The summed E-state index contributed by atoms with van der Waals surface area (Å²) in [5.74, 6) is 0.610. The summed E-state index contributed by atoms with van der Waals surface area (Å²) in [5, 5.41) is 0.569. The van der Waals surface area contributed by atoms with E-state index in [2.05, 4.69) is 15.9 Å². The number of halogens is 3. The minimum atomic E-state index is -3.20. The molecule has 2 aliphatic carbocycles. The summed E-state index contributed by atoms with van der Waals surface area (Å²) < 4.78 is 26.9. The van der Waals surface area contributed by atoms with Gasteiger partial charge in [-0.3, -0.25) is 0 Å². The number of benzene rings is 1. The van der Waals surface area contributed by atoms with Crippen LogP contribution in [0.4, 0.5) is 0 Å². The predicted octanol–water partition coefficient (Wildman–Crippen LogP) is 5.91. The van der Waals surface area contributed by atoms with Crippen LogP contribution in [0.1, 0.15) is 44.1 Å². The Hall–Kier alpha value is -0.0300. The molecule has 0 spiro atoms. The smallest absolute Gasteiger partial charge is 0.157 e. The van der Waals surface area contributed by atoms with E-state index >= 15 is 0 Å². The first-order chi connectivity index (χ1) is 10.9. The molecular weight excluding hydrogens is 419 g/mol. The van der Waals surface area contributed by atoms with Crippen LogP contribution in [0.2, 0.25) is 10.0 Å².